The van der Waals surface area contributed by atoms with Crippen LogP contribution in [0.4, 0.5) is 16.5 Å². The van der Waals surface area contributed by atoms with Crippen molar-refractivity contribution < 1.29 is 4.79 Å². The smallest absolute Gasteiger partial charge is 0.275 e. The van der Waals surface area contributed by atoms with E-state index in [2.05, 4.69) is 15.6 Å². The molecule has 0 radical (unpaired) electrons. The average molecular weight is 309 g/mol. The first-order valence-electron chi connectivity index (χ1n) is 6.86. The number of aromatic nitrogens is 1. The second-order valence-electron chi connectivity index (χ2n) is 4.85. The highest BCUT2D eigenvalue weighted by atomic mass is 32.1. The summed E-state index contributed by atoms with van der Waals surface area (Å²) >= 11 is 1.40. The second-order valence-corrected chi connectivity index (χ2v) is 5.71. The van der Waals surface area contributed by atoms with E-state index in [1.807, 2.05) is 61.5 Å². The van der Waals surface area contributed by atoms with Crippen molar-refractivity contribution in [1.29, 1.82) is 0 Å². The number of hydrogen-bond acceptors (Lipinski definition) is 4. The van der Waals surface area contributed by atoms with Gasteiger partial charge in [0, 0.05) is 16.8 Å². The second kappa shape index (κ2) is 6.41. The highest BCUT2D eigenvalue weighted by molar-refractivity contribution is 7.14. The van der Waals surface area contributed by atoms with Gasteiger partial charge in [0.25, 0.3) is 5.91 Å². The summed E-state index contributed by atoms with van der Waals surface area (Å²) < 4.78 is 0. The fourth-order valence-electron chi connectivity index (χ4n) is 1.91. The summed E-state index contributed by atoms with van der Waals surface area (Å²) in [6, 6.07) is 17.4. The Bertz CT molecular complexity index is 766. The summed E-state index contributed by atoms with van der Waals surface area (Å²) in [6.45, 7) is 2.01. The summed E-state index contributed by atoms with van der Waals surface area (Å²) in [5.74, 6) is -0.207. The predicted octanol–water partition coefficient (Wildman–Crippen LogP) is 4.45. The molecule has 2 N–H and O–H groups in total. The van der Waals surface area contributed by atoms with Crippen molar-refractivity contribution in [2.24, 2.45) is 0 Å². The van der Waals surface area contributed by atoms with Crippen LogP contribution in [0.25, 0.3) is 0 Å². The molecule has 0 bridgehead atoms. The summed E-state index contributed by atoms with van der Waals surface area (Å²) in [4.78, 5) is 16.5. The molecule has 0 unspecified atom stereocenters. The molecule has 0 atom stereocenters. The van der Waals surface area contributed by atoms with E-state index in [9.17, 15) is 4.79 Å². The normalized spacial score (nSPS) is 10.2. The Balaban J connectivity index is 1.67. The standard InChI is InChI=1S/C17H15N3OS/c1-12-7-9-14(10-8-12)18-16(21)15-11-22-17(20-15)19-13-5-3-2-4-6-13/h2-11H,1H3,(H,18,21)(H,19,20). The van der Waals surface area contributed by atoms with Crippen molar-refractivity contribution in [2.75, 3.05) is 10.6 Å². The van der Waals surface area contributed by atoms with Gasteiger partial charge in [-0.05, 0) is 31.2 Å². The molecule has 1 aromatic heterocycles. The number of benzene rings is 2. The zero-order valence-electron chi connectivity index (χ0n) is 12.0. The molecule has 5 heteroatoms. The number of rotatable bonds is 4. The third-order valence-corrected chi connectivity index (χ3v) is 3.83. The number of nitrogens with zero attached hydrogens (tertiary/aromatic N) is 1. The lowest BCUT2D eigenvalue weighted by Crippen LogP contribution is -2.12. The van der Waals surface area contributed by atoms with Crippen LogP contribution >= 0.6 is 11.3 Å². The molecule has 0 aliphatic carbocycles. The number of anilines is 3. The molecule has 0 spiro atoms. The van der Waals surface area contributed by atoms with Gasteiger partial charge in [-0.25, -0.2) is 4.98 Å². The molecular weight excluding hydrogens is 294 g/mol. The molecule has 3 aromatic rings. The quantitative estimate of drug-likeness (QED) is 0.748. The average Bonchev–Trinajstić information content (AvgIpc) is 2.99. The molecule has 0 fully saturated rings. The molecule has 22 heavy (non-hydrogen) atoms. The molecule has 0 saturated carbocycles. The van der Waals surface area contributed by atoms with Gasteiger partial charge in [-0.3, -0.25) is 4.79 Å². The zero-order valence-corrected chi connectivity index (χ0v) is 12.9. The number of aryl methyl sites for hydroxylation is 1. The Labute approximate surface area is 132 Å². The predicted molar refractivity (Wildman–Crippen MR) is 91.0 cm³/mol. The monoisotopic (exact) mass is 309 g/mol. The van der Waals surface area contributed by atoms with E-state index in [4.69, 9.17) is 0 Å². The number of thiazole rings is 1. The van der Waals surface area contributed by atoms with Gasteiger partial charge in [0.15, 0.2) is 5.13 Å². The van der Waals surface area contributed by atoms with Gasteiger partial charge in [-0.1, -0.05) is 35.9 Å². The van der Waals surface area contributed by atoms with E-state index in [0.29, 0.717) is 10.8 Å². The first-order chi connectivity index (χ1) is 10.7. The maximum Gasteiger partial charge on any atom is 0.275 e. The van der Waals surface area contributed by atoms with Crippen LogP contribution in [-0.2, 0) is 0 Å². The fraction of sp³-hybridized carbons (Fsp3) is 0.0588. The van der Waals surface area contributed by atoms with Crippen molar-refractivity contribution >= 4 is 33.8 Å². The molecule has 2 aromatic carbocycles. The first kappa shape index (κ1) is 14.3. The SMILES string of the molecule is Cc1ccc(NC(=O)c2csc(Nc3ccccc3)n2)cc1. The Morgan fingerprint density at radius 2 is 1.73 bits per heavy atom. The number of carbonyl (C=O) groups is 1. The molecule has 0 aliphatic rings. The van der Waals surface area contributed by atoms with E-state index in [-0.39, 0.29) is 5.91 Å². The van der Waals surface area contributed by atoms with Crippen LogP contribution in [0.5, 0.6) is 0 Å². The molecular formula is C17H15N3OS. The summed E-state index contributed by atoms with van der Waals surface area (Å²) in [5.41, 5.74) is 3.27. The van der Waals surface area contributed by atoms with Crippen molar-refractivity contribution in [3.8, 4) is 0 Å². The number of hydrogen-bond donors (Lipinski definition) is 2. The zero-order chi connectivity index (χ0) is 15.4. The van der Waals surface area contributed by atoms with Crippen molar-refractivity contribution in [1.82, 2.24) is 4.98 Å². The molecule has 1 heterocycles. The molecule has 1 amide bonds. The number of carbonyl (C=O) groups excluding carboxylic acids is 1. The minimum atomic E-state index is -0.207. The van der Waals surface area contributed by atoms with Crippen molar-refractivity contribution in [2.45, 2.75) is 6.92 Å². The van der Waals surface area contributed by atoms with Crippen molar-refractivity contribution in [3.63, 3.8) is 0 Å². The number of nitrogens with one attached hydrogen (secondary N) is 2. The van der Waals surface area contributed by atoms with Crippen LogP contribution in [0.1, 0.15) is 16.1 Å². The van der Waals surface area contributed by atoms with Crippen LogP contribution in [0.15, 0.2) is 60.0 Å². The van der Waals surface area contributed by atoms with Crippen LogP contribution in [-0.4, -0.2) is 10.9 Å². The van der Waals surface area contributed by atoms with E-state index in [1.54, 1.807) is 5.38 Å². The lowest BCUT2D eigenvalue weighted by molar-refractivity contribution is 0.102. The lowest BCUT2D eigenvalue weighted by Gasteiger charge is -2.03. The van der Waals surface area contributed by atoms with E-state index >= 15 is 0 Å². The molecule has 4 nitrogen and oxygen atoms in total. The Morgan fingerprint density at radius 3 is 2.45 bits per heavy atom. The van der Waals surface area contributed by atoms with Gasteiger partial charge in [0.05, 0.1) is 0 Å². The molecule has 3 rings (SSSR count). The maximum atomic E-state index is 12.2. The van der Waals surface area contributed by atoms with E-state index in [1.165, 1.54) is 11.3 Å². The minimum absolute atomic E-state index is 0.207. The van der Waals surface area contributed by atoms with Gasteiger partial charge in [0.2, 0.25) is 0 Å². The Hall–Kier alpha value is -2.66. The van der Waals surface area contributed by atoms with Gasteiger partial charge in [-0.2, -0.15) is 0 Å². The maximum absolute atomic E-state index is 12.2. The first-order valence-corrected chi connectivity index (χ1v) is 7.74. The van der Waals surface area contributed by atoms with Crippen LogP contribution in [0.2, 0.25) is 0 Å². The molecule has 0 saturated heterocycles. The van der Waals surface area contributed by atoms with Gasteiger partial charge in [-0.15, -0.1) is 11.3 Å². The molecule has 110 valence electrons. The van der Waals surface area contributed by atoms with Crippen molar-refractivity contribution in [3.05, 3.63) is 71.2 Å². The van der Waals surface area contributed by atoms with Gasteiger partial charge in [0.1, 0.15) is 5.69 Å². The minimum Gasteiger partial charge on any atom is -0.332 e. The third kappa shape index (κ3) is 3.51. The van der Waals surface area contributed by atoms with Gasteiger partial charge >= 0.3 is 0 Å². The van der Waals surface area contributed by atoms with Crippen LogP contribution in [0.3, 0.4) is 0 Å². The van der Waals surface area contributed by atoms with Crippen LogP contribution in [0, 0.1) is 6.92 Å². The summed E-state index contributed by atoms with van der Waals surface area (Å²) in [6.07, 6.45) is 0. The topological polar surface area (TPSA) is 54.0 Å². The fourth-order valence-corrected chi connectivity index (χ4v) is 2.62. The highest BCUT2D eigenvalue weighted by Crippen LogP contribution is 2.21. The summed E-state index contributed by atoms with van der Waals surface area (Å²) in [5, 5.41) is 8.46. The Kier molecular flexibility index (Phi) is 4.16. The van der Waals surface area contributed by atoms with Crippen LogP contribution < -0.4 is 10.6 Å². The highest BCUT2D eigenvalue weighted by Gasteiger charge is 2.11. The van der Waals surface area contributed by atoms with E-state index in [0.717, 1.165) is 16.9 Å². The van der Waals surface area contributed by atoms with E-state index < -0.39 is 0 Å². The Morgan fingerprint density at radius 1 is 1.00 bits per heavy atom. The van der Waals surface area contributed by atoms with Gasteiger partial charge < -0.3 is 10.6 Å². The third-order valence-electron chi connectivity index (χ3n) is 3.07. The lowest BCUT2D eigenvalue weighted by atomic mass is 10.2. The number of para-hydroxylation sites is 1. The largest absolute Gasteiger partial charge is 0.332 e. The number of amides is 1. The summed E-state index contributed by atoms with van der Waals surface area (Å²) in [7, 11) is 0. The molecule has 0 aliphatic heterocycles.